The molecule has 0 fully saturated rings. The summed E-state index contributed by atoms with van der Waals surface area (Å²) < 4.78 is 1.95. The summed E-state index contributed by atoms with van der Waals surface area (Å²) in [6.07, 6.45) is 7.94. The summed E-state index contributed by atoms with van der Waals surface area (Å²) in [5.41, 5.74) is 2.67. The van der Waals surface area contributed by atoms with Gasteiger partial charge in [-0.3, -0.25) is 4.79 Å². The molecule has 0 bridgehead atoms. The number of carbonyl (C=O) groups excluding carboxylic acids is 1. The van der Waals surface area contributed by atoms with Crippen molar-refractivity contribution < 1.29 is 4.79 Å². The first-order chi connectivity index (χ1) is 10.8. The van der Waals surface area contributed by atoms with Gasteiger partial charge in [0.1, 0.15) is 5.69 Å². The number of hydrogen-bond acceptors (Lipinski definition) is 5. The minimum absolute atomic E-state index is 0.168. The van der Waals surface area contributed by atoms with E-state index in [1.165, 1.54) is 0 Å². The average molecular weight is 310 g/mol. The molecule has 4 rings (SSSR count). The SMILES string of the molecule is O=C1CCCc2sc(Nc3ccc(-n4ccnc4)cc3)nc21. The highest BCUT2D eigenvalue weighted by Crippen LogP contribution is 2.31. The van der Waals surface area contributed by atoms with Gasteiger partial charge in [0.2, 0.25) is 0 Å². The normalized spacial score (nSPS) is 13.9. The van der Waals surface area contributed by atoms with Crippen LogP contribution in [0.25, 0.3) is 5.69 Å². The first kappa shape index (κ1) is 13.2. The molecular formula is C16H14N4OS. The number of carbonyl (C=O) groups is 1. The highest BCUT2D eigenvalue weighted by molar-refractivity contribution is 7.16. The van der Waals surface area contributed by atoms with E-state index < -0.39 is 0 Å². The van der Waals surface area contributed by atoms with Gasteiger partial charge in [0.25, 0.3) is 0 Å². The molecule has 3 aromatic rings. The number of imidazole rings is 1. The Morgan fingerprint density at radius 3 is 2.77 bits per heavy atom. The summed E-state index contributed by atoms with van der Waals surface area (Å²) >= 11 is 1.58. The number of nitrogens with one attached hydrogen (secondary N) is 1. The Bertz CT molecular complexity index is 805. The van der Waals surface area contributed by atoms with Crippen LogP contribution in [-0.2, 0) is 6.42 Å². The zero-order valence-electron chi connectivity index (χ0n) is 11.8. The lowest BCUT2D eigenvalue weighted by Gasteiger charge is -2.05. The number of nitrogens with zero attached hydrogens (tertiary/aromatic N) is 3. The Kier molecular flexibility index (Phi) is 3.23. The third-order valence-electron chi connectivity index (χ3n) is 3.69. The molecule has 2 heterocycles. The molecular weight excluding hydrogens is 296 g/mol. The van der Waals surface area contributed by atoms with E-state index in [1.807, 2.05) is 35.0 Å². The molecule has 1 aromatic carbocycles. The van der Waals surface area contributed by atoms with Gasteiger partial charge in [0, 0.05) is 35.1 Å². The van der Waals surface area contributed by atoms with Gasteiger partial charge in [-0.2, -0.15) is 0 Å². The van der Waals surface area contributed by atoms with Crippen molar-refractivity contribution >= 4 is 27.9 Å². The molecule has 5 nitrogen and oxygen atoms in total. The second-order valence-corrected chi connectivity index (χ2v) is 6.29. The van der Waals surface area contributed by atoms with E-state index in [9.17, 15) is 4.79 Å². The molecule has 6 heteroatoms. The van der Waals surface area contributed by atoms with Crippen LogP contribution >= 0.6 is 11.3 Å². The van der Waals surface area contributed by atoms with E-state index in [0.29, 0.717) is 12.1 Å². The molecule has 0 aliphatic heterocycles. The van der Waals surface area contributed by atoms with E-state index >= 15 is 0 Å². The maximum absolute atomic E-state index is 11.8. The molecule has 1 aliphatic rings. The van der Waals surface area contributed by atoms with E-state index in [1.54, 1.807) is 23.9 Å². The fourth-order valence-electron chi connectivity index (χ4n) is 2.57. The molecule has 0 radical (unpaired) electrons. The zero-order valence-corrected chi connectivity index (χ0v) is 12.6. The van der Waals surface area contributed by atoms with Gasteiger partial charge in [-0.25, -0.2) is 9.97 Å². The molecule has 2 aromatic heterocycles. The van der Waals surface area contributed by atoms with Crippen LogP contribution in [0, 0.1) is 0 Å². The van der Waals surface area contributed by atoms with E-state index in [-0.39, 0.29) is 5.78 Å². The summed E-state index contributed by atoms with van der Waals surface area (Å²) in [4.78, 5) is 21.4. The largest absolute Gasteiger partial charge is 0.332 e. The lowest BCUT2D eigenvalue weighted by atomic mass is 10.0. The van der Waals surface area contributed by atoms with Crippen molar-refractivity contribution in [2.24, 2.45) is 0 Å². The summed E-state index contributed by atoms with van der Waals surface area (Å²) in [6, 6.07) is 8.03. The third-order valence-corrected chi connectivity index (χ3v) is 4.72. The van der Waals surface area contributed by atoms with Gasteiger partial charge in [0.05, 0.1) is 6.33 Å². The highest BCUT2D eigenvalue weighted by atomic mass is 32.1. The fraction of sp³-hybridized carbons (Fsp3) is 0.188. The van der Waals surface area contributed by atoms with Crippen LogP contribution in [-0.4, -0.2) is 20.3 Å². The molecule has 110 valence electrons. The molecule has 0 amide bonds. The van der Waals surface area contributed by atoms with Crippen molar-refractivity contribution in [3.05, 3.63) is 53.6 Å². The molecule has 1 aliphatic carbocycles. The molecule has 22 heavy (non-hydrogen) atoms. The number of ketones is 1. The van der Waals surface area contributed by atoms with Gasteiger partial charge >= 0.3 is 0 Å². The predicted octanol–water partition coefficient (Wildman–Crippen LogP) is 3.59. The zero-order chi connectivity index (χ0) is 14.9. The standard InChI is InChI=1S/C16H14N4OS/c21-13-2-1-3-14-15(13)19-16(22-14)18-11-4-6-12(7-5-11)20-9-8-17-10-20/h4-10H,1-3H2,(H,18,19). The van der Waals surface area contributed by atoms with Crippen LogP contribution < -0.4 is 5.32 Å². The number of aromatic nitrogens is 3. The van der Waals surface area contributed by atoms with E-state index in [0.717, 1.165) is 34.2 Å². The van der Waals surface area contributed by atoms with Crippen LogP contribution in [0.4, 0.5) is 10.8 Å². The summed E-state index contributed by atoms with van der Waals surface area (Å²) in [7, 11) is 0. The Labute approximate surface area is 131 Å². The van der Waals surface area contributed by atoms with Crippen LogP contribution in [0.5, 0.6) is 0 Å². The Hall–Kier alpha value is -2.47. The highest BCUT2D eigenvalue weighted by Gasteiger charge is 2.22. The van der Waals surface area contributed by atoms with Gasteiger partial charge in [-0.1, -0.05) is 0 Å². The monoisotopic (exact) mass is 310 g/mol. The first-order valence-corrected chi connectivity index (χ1v) is 7.99. The van der Waals surface area contributed by atoms with Crippen molar-refractivity contribution in [1.29, 1.82) is 0 Å². The first-order valence-electron chi connectivity index (χ1n) is 7.18. The van der Waals surface area contributed by atoms with Gasteiger partial charge < -0.3 is 9.88 Å². The number of hydrogen-bond donors (Lipinski definition) is 1. The molecule has 1 N–H and O–H groups in total. The third kappa shape index (κ3) is 2.42. The smallest absolute Gasteiger partial charge is 0.188 e. The Morgan fingerprint density at radius 2 is 2.05 bits per heavy atom. The number of rotatable bonds is 3. The topological polar surface area (TPSA) is 59.8 Å². The molecule has 0 atom stereocenters. The van der Waals surface area contributed by atoms with Gasteiger partial charge in [0.15, 0.2) is 10.9 Å². The molecule has 0 saturated heterocycles. The van der Waals surface area contributed by atoms with Crippen LogP contribution in [0.2, 0.25) is 0 Å². The number of thiazole rings is 1. The van der Waals surface area contributed by atoms with Crippen molar-refractivity contribution in [1.82, 2.24) is 14.5 Å². The number of Topliss-reactive ketones (excluding diaryl/α,β-unsaturated/α-hetero) is 1. The molecule has 0 unspecified atom stereocenters. The van der Waals surface area contributed by atoms with Crippen LogP contribution in [0.15, 0.2) is 43.0 Å². The van der Waals surface area contributed by atoms with Crippen molar-refractivity contribution in [3.8, 4) is 5.69 Å². The minimum Gasteiger partial charge on any atom is -0.332 e. The summed E-state index contributed by atoms with van der Waals surface area (Å²) in [5.74, 6) is 0.168. The maximum atomic E-state index is 11.8. The Balaban J connectivity index is 1.55. The number of anilines is 2. The van der Waals surface area contributed by atoms with Crippen LogP contribution in [0.1, 0.15) is 28.2 Å². The Morgan fingerprint density at radius 1 is 1.18 bits per heavy atom. The summed E-state index contributed by atoms with van der Waals surface area (Å²) in [5, 5.41) is 4.07. The number of aryl methyl sites for hydroxylation is 1. The lowest BCUT2D eigenvalue weighted by Crippen LogP contribution is -2.08. The van der Waals surface area contributed by atoms with E-state index in [4.69, 9.17) is 0 Å². The fourth-order valence-corrected chi connectivity index (χ4v) is 3.61. The predicted molar refractivity (Wildman–Crippen MR) is 86.2 cm³/mol. The van der Waals surface area contributed by atoms with Crippen molar-refractivity contribution in [2.75, 3.05) is 5.32 Å². The lowest BCUT2D eigenvalue weighted by molar-refractivity contribution is 0.0968. The quantitative estimate of drug-likeness (QED) is 0.803. The van der Waals surface area contributed by atoms with Crippen molar-refractivity contribution in [2.45, 2.75) is 19.3 Å². The summed E-state index contributed by atoms with van der Waals surface area (Å²) in [6.45, 7) is 0. The average Bonchev–Trinajstić information content (AvgIpc) is 3.18. The van der Waals surface area contributed by atoms with E-state index in [2.05, 4.69) is 15.3 Å². The number of fused-ring (bicyclic) bond motifs is 1. The minimum atomic E-state index is 0.168. The molecule has 0 saturated carbocycles. The second-order valence-electron chi connectivity index (χ2n) is 5.21. The maximum Gasteiger partial charge on any atom is 0.188 e. The van der Waals surface area contributed by atoms with Gasteiger partial charge in [-0.15, -0.1) is 11.3 Å². The van der Waals surface area contributed by atoms with Crippen LogP contribution in [0.3, 0.4) is 0 Å². The second kappa shape index (κ2) is 5.38. The number of benzene rings is 1. The molecule has 0 spiro atoms. The van der Waals surface area contributed by atoms with Gasteiger partial charge in [-0.05, 0) is 37.1 Å². The van der Waals surface area contributed by atoms with Crippen molar-refractivity contribution in [3.63, 3.8) is 0 Å².